The van der Waals surface area contributed by atoms with Crippen LogP contribution in [0.1, 0.15) is 37.4 Å². The molecule has 1 unspecified atom stereocenters. The summed E-state index contributed by atoms with van der Waals surface area (Å²) < 4.78 is 0. The molecule has 0 spiro atoms. The van der Waals surface area contributed by atoms with Crippen molar-refractivity contribution in [2.24, 2.45) is 11.5 Å². The van der Waals surface area contributed by atoms with Crippen molar-refractivity contribution in [2.45, 2.75) is 38.8 Å². The van der Waals surface area contributed by atoms with Gasteiger partial charge in [-0.3, -0.25) is 4.79 Å². The summed E-state index contributed by atoms with van der Waals surface area (Å²) in [5.74, 6) is -0.185. The van der Waals surface area contributed by atoms with E-state index in [0.717, 1.165) is 11.1 Å². The highest BCUT2D eigenvalue weighted by molar-refractivity contribution is 5.85. The van der Waals surface area contributed by atoms with Gasteiger partial charge in [-0.05, 0) is 31.9 Å². The van der Waals surface area contributed by atoms with Crippen molar-refractivity contribution >= 4 is 24.3 Å². The molecular formula is C15H25ClN4O2. The van der Waals surface area contributed by atoms with E-state index in [0.29, 0.717) is 6.54 Å². The largest absolute Gasteiger partial charge is 0.354 e. The minimum Gasteiger partial charge on any atom is -0.354 e. The van der Waals surface area contributed by atoms with Gasteiger partial charge in [-0.2, -0.15) is 0 Å². The second-order valence-electron chi connectivity index (χ2n) is 5.89. The Morgan fingerprint density at radius 2 is 1.86 bits per heavy atom. The van der Waals surface area contributed by atoms with E-state index in [1.165, 1.54) is 0 Å². The van der Waals surface area contributed by atoms with E-state index in [1.54, 1.807) is 0 Å². The number of hydrogen-bond acceptors (Lipinski definition) is 3. The lowest BCUT2D eigenvalue weighted by atomic mass is 9.98. The molecule has 7 heteroatoms. The maximum atomic E-state index is 12.0. The van der Waals surface area contributed by atoms with Crippen molar-refractivity contribution in [3.63, 3.8) is 0 Å². The van der Waals surface area contributed by atoms with Crippen LogP contribution in [0.4, 0.5) is 4.79 Å². The summed E-state index contributed by atoms with van der Waals surface area (Å²) in [5.41, 5.74) is 12.4. The van der Waals surface area contributed by atoms with Crippen molar-refractivity contribution < 1.29 is 9.59 Å². The van der Waals surface area contributed by atoms with E-state index in [-0.39, 0.29) is 24.7 Å². The number of rotatable bonds is 6. The van der Waals surface area contributed by atoms with Gasteiger partial charge in [0.2, 0.25) is 5.91 Å². The second kappa shape index (κ2) is 8.60. The first-order chi connectivity index (χ1) is 9.69. The molecule has 1 aromatic carbocycles. The Morgan fingerprint density at radius 3 is 2.36 bits per heavy atom. The van der Waals surface area contributed by atoms with Crippen LogP contribution in [0, 0.1) is 6.92 Å². The molecule has 0 saturated heterocycles. The third-order valence-electron chi connectivity index (χ3n) is 3.01. The van der Waals surface area contributed by atoms with Crippen LogP contribution in [0.2, 0.25) is 0 Å². The van der Waals surface area contributed by atoms with E-state index >= 15 is 0 Å². The summed E-state index contributed by atoms with van der Waals surface area (Å²) in [6.07, 6.45) is 0.115. The van der Waals surface area contributed by atoms with Gasteiger partial charge in [-0.1, -0.05) is 24.3 Å². The first-order valence-corrected chi connectivity index (χ1v) is 6.86. The van der Waals surface area contributed by atoms with Gasteiger partial charge in [-0.15, -0.1) is 12.4 Å². The van der Waals surface area contributed by atoms with Gasteiger partial charge in [0.15, 0.2) is 0 Å². The van der Waals surface area contributed by atoms with Crippen LogP contribution in [-0.4, -0.2) is 24.0 Å². The Balaban J connectivity index is 0.00000441. The zero-order valence-corrected chi connectivity index (χ0v) is 14.0. The number of nitrogens with one attached hydrogen (secondary N) is 2. The zero-order valence-electron chi connectivity index (χ0n) is 13.2. The van der Waals surface area contributed by atoms with Crippen molar-refractivity contribution in [1.29, 1.82) is 0 Å². The molecule has 6 nitrogen and oxygen atoms in total. The van der Waals surface area contributed by atoms with Crippen molar-refractivity contribution in [3.05, 3.63) is 35.4 Å². The van der Waals surface area contributed by atoms with Crippen LogP contribution >= 0.6 is 12.4 Å². The third kappa shape index (κ3) is 7.28. The first-order valence-electron chi connectivity index (χ1n) is 6.86. The molecule has 0 bridgehead atoms. The van der Waals surface area contributed by atoms with Crippen LogP contribution in [0.15, 0.2) is 24.3 Å². The predicted molar refractivity (Wildman–Crippen MR) is 89.8 cm³/mol. The molecule has 0 aliphatic heterocycles. The lowest BCUT2D eigenvalue weighted by Gasteiger charge is -2.22. The third-order valence-corrected chi connectivity index (χ3v) is 3.01. The van der Waals surface area contributed by atoms with Crippen LogP contribution in [0.5, 0.6) is 0 Å². The first kappa shape index (κ1) is 20.2. The minimum absolute atomic E-state index is 0. The highest BCUT2D eigenvalue weighted by Crippen LogP contribution is 2.20. The second-order valence-corrected chi connectivity index (χ2v) is 5.89. The molecule has 0 aliphatic rings. The number of carbonyl (C=O) groups is 2. The van der Waals surface area contributed by atoms with Gasteiger partial charge in [0.1, 0.15) is 0 Å². The number of primary amides is 1. The van der Waals surface area contributed by atoms with Gasteiger partial charge in [0.05, 0.1) is 12.5 Å². The Hall–Kier alpha value is -1.79. The molecule has 124 valence electrons. The van der Waals surface area contributed by atoms with Crippen LogP contribution in [0.3, 0.4) is 0 Å². The molecule has 0 aromatic heterocycles. The fourth-order valence-electron chi connectivity index (χ4n) is 1.97. The van der Waals surface area contributed by atoms with Crippen LogP contribution < -0.4 is 22.1 Å². The molecule has 22 heavy (non-hydrogen) atoms. The molecule has 1 aromatic rings. The molecule has 6 N–H and O–H groups in total. The van der Waals surface area contributed by atoms with Gasteiger partial charge in [0, 0.05) is 12.1 Å². The fraction of sp³-hybridized carbons (Fsp3) is 0.467. The smallest absolute Gasteiger partial charge is 0.312 e. The standard InChI is InChI=1S/C15H24N4O2.ClH/c1-10-6-4-5-7-11(10)12(19-14(16)21)8-13(20)18-9-15(2,3)17;/h4-7,12H,8-9,17H2,1-3H3,(H,18,20)(H3,16,19,21);1H. The summed E-state index contributed by atoms with van der Waals surface area (Å²) >= 11 is 0. The van der Waals surface area contributed by atoms with Crippen molar-refractivity contribution in [2.75, 3.05) is 6.54 Å². The van der Waals surface area contributed by atoms with Gasteiger partial charge < -0.3 is 22.1 Å². The predicted octanol–water partition coefficient (Wildman–Crippen LogP) is 1.37. The van der Waals surface area contributed by atoms with Crippen LogP contribution in [0.25, 0.3) is 0 Å². The Labute approximate surface area is 137 Å². The average Bonchev–Trinajstić information content (AvgIpc) is 2.35. The maximum absolute atomic E-state index is 12.0. The number of carbonyl (C=O) groups excluding carboxylic acids is 2. The Bertz CT molecular complexity index is 515. The topological polar surface area (TPSA) is 110 Å². The van der Waals surface area contributed by atoms with E-state index in [9.17, 15) is 9.59 Å². The summed E-state index contributed by atoms with van der Waals surface area (Å²) in [4.78, 5) is 23.2. The molecule has 0 aliphatic carbocycles. The zero-order chi connectivity index (χ0) is 16.0. The average molecular weight is 329 g/mol. The fourth-order valence-corrected chi connectivity index (χ4v) is 1.97. The number of nitrogens with two attached hydrogens (primary N) is 2. The van der Waals surface area contributed by atoms with Gasteiger partial charge in [-0.25, -0.2) is 4.79 Å². The molecule has 1 rings (SSSR count). The van der Waals surface area contributed by atoms with E-state index in [2.05, 4.69) is 10.6 Å². The summed E-state index contributed by atoms with van der Waals surface area (Å²) in [6.45, 7) is 5.94. The molecule has 3 amide bonds. The van der Waals surface area contributed by atoms with E-state index in [1.807, 2.05) is 45.0 Å². The van der Waals surface area contributed by atoms with Gasteiger partial charge >= 0.3 is 6.03 Å². The summed E-state index contributed by atoms with van der Waals surface area (Å²) in [6, 6.07) is 6.44. The normalized spacial score (nSPS) is 12.0. The van der Waals surface area contributed by atoms with Crippen LogP contribution in [-0.2, 0) is 4.79 Å². The Kier molecular flexibility index (Phi) is 7.90. The quantitative estimate of drug-likeness (QED) is 0.633. The van der Waals surface area contributed by atoms with Gasteiger partial charge in [0.25, 0.3) is 0 Å². The molecule has 0 saturated carbocycles. The summed E-state index contributed by atoms with van der Waals surface area (Å²) in [7, 11) is 0. The highest BCUT2D eigenvalue weighted by Gasteiger charge is 2.20. The number of amides is 3. The SMILES string of the molecule is Cc1ccccc1C(CC(=O)NCC(C)(C)N)NC(N)=O.Cl. The van der Waals surface area contributed by atoms with Crippen molar-refractivity contribution in [1.82, 2.24) is 10.6 Å². The van der Waals surface area contributed by atoms with E-state index < -0.39 is 17.6 Å². The van der Waals surface area contributed by atoms with Crippen molar-refractivity contribution in [3.8, 4) is 0 Å². The minimum atomic E-state index is -0.657. The molecule has 1 atom stereocenters. The van der Waals surface area contributed by atoms with E-state index in [4.69, 9.17) is 11.5 Å². The lowest BCUT2D eigenvalue weighted by Crippen LogP contribution is -2.46. The monoisotopic (exact) mass is 328 g/mol. The number of halogens is 1. The maximum Gasteiger partial charge on any atom is 0.312 e. The molecular weight excluding hydrogens is 304 g/mol. The molecule has 0 fully saturated rings. The number of urea groups is 1. The molecule has 0 radical (unpaired) electrons. The number of hydrogen-bond donors (Lipinski definition) is 4. The Morgan fingerprint density at radius 1 is 1.27 bits per heavy atom. The number of aryl methyl sites for hydroxylation is 1. The number of benzene rings is 1. The summed E-state index contributed by atoms with van der Waals surface area (Å²) in [5, 5.41) is 5.37. The molecule has 0 heterocycles. The highest BCUT2D eigenvalue weighted by atomic mass is 35.5. The lowest BCUT2D eigenvalue weighted by molar-refractivity contribution is -0.121.